The Hall–Kier alpha value is -1.69. The molecule has 0 saturated heterocycles. The molecule has 1 heterocycles. The maximum atomic E-state index is 13.6. The molecule has 6 heteroatoms. The van der Waals surface area contributed by atoms with Gasteiger partial charge < -0.3 is 15.8 Å². The van der Waals surface area contributed by atoms with E-state index in [-0.39, 0.29) is 23.6 Å². The standard InChI is InChI=1S/C10H10F2N2O2/c1-4-5(11)2-7-9(8(4)12)14-10(15)6(13)3-16-7/h2,6H,3,13H2,1H3,(H,14,15)/t6-/m0/s1. The SMILES string of the molecule is Cc1c(F)cc2c(c1F)NC(=O)[C@@H](N)CO2. The first-order valence-electron chi connectivity index (χ1n) is 4.68. The fourth-order valence-corrected chi connectivity index (χ4v) is 1.40. The Kier molecular flexibility index (Phi) is 2.51. The fraction of sp³-hybridized carbons (Fsp3) is 0.300. The van der Waals surface area contributed by atoms with Gasteiger partial charge in [-0.05, 0) is 6.92 Å². The van der Waals surface area contributed by atoms with Gasteiger partial charge in [0.1, 0.15) is 29.9 Å². The summed E-state index contributed by atoms with van der Waals surface area (Å²) in [6.07, 6.45) is 0. The molecule has 0 bridgehead atoms. The zero-order chi connectivity index (χ0) is 11.9. The average molecular weight is 228 g/mol. The second-order valence-corrected chi connectivity index (χ2v) is 3.58. The van der Waals surface area contributed by atoms with E-state index in [1.807, 2.05) is 0 Å². The zero-order valence-corrected chi connectivity index (χ0v) is 8.51. The quantitative estimate of drug-likeness (QED) is 0.694. The molecule has 0 aliphatic carbocycles. The number of hydrogen-bond acceptors (Lipinski definition) is 3. The number of fused-ring (bicyclic) bond motifs is 1. The van der Waals surface area contributed by atoms with Crippen LogP contribution in [0.3, 0.4) is 0 Å². The molecular formula is C10H10F2N2O2. The second-order valence-electron chi connectivity index (χ2n) is 3.58. The minimum absolute atomic E-state index is 0.0399. The van der Waals surface area contributed by atoms with E-state index in [2.05, 4.69) is 5.32 Å². The third-order valence-corrected chi connectivity index (χ3v) is 2.41. The Morgan fingerprint density at radius 2 is 2.25 bits per heavy atom. The summed E-state index contributed by atoms with van der Waals surface area (Å²) in [7, 11) is 0. The molecule has 86 valence electrons. The van der Waals surface area contributed by atoms with E-state index < -0.39 is 23.6 Å². The second kappa shape index (κ2) is 3.71. The number of nitrogens with two attached hydrogens (primary N) is 1. The summed E-state index contributed by atoms with van der Waals surface area (Å²) in [4.78, 5) is 11.3. The van der Waals surface area contributed by atoms with Crippen LogP contribution in [0.1, 0.15) is 5.56 Å². The van der Waals surface area contributed by atoms with Gasteiger partial charge in [0.05, 0.1) is 0 Å². The van der Waals surface area contributed by atoms with Crippen molar-refractivity contribution in [3.8, 4) is 5.75 Å². The lowest BCUT2D eigenvalue weighted by Crippen LogP contribution is -2.38. The molecule has 1 aliphatic rings. The van der Waals surface area contributed by atoms with Gasteiger partial charge in [-0.2, -0.15) is 0 Å². The van der Waals surface area contributed by atoms with Crippen LogP contribution < -0.4 is 15.8 Å². The number of anilines is 1. The highest BCUT2D eigenvalue weighted by atomic mass is 19.1. The number of carbonyl (C=O) groups excluding carboxylic acids is 1. The average Bonchev–Trinajstić information content (AvgIpc) is 2.39. The van der Waals surface area contributed by atoms with Gasteiger partial charge in [0, 0.05) is 11.6 Å². The number of halogens is 2. The molecule has 0 radical (unpaired) electrons. The summed E-state index contributed by atoms with van der Waals surface area (Å²) >= 11 is 0. The Morgan fingerprint density at radius 1 is 1.56 bits per heavy atom. The van der Waals surface area contributed by atoms with E-state index in [0.717, 1.165) is 6.07 Å². The molecule has 0 fully saturated rings. The van der Waals surface area contributed by atoms with E-state index in [4.69, 9.17) is 10.5 Å². The van der Waals surface area contributed by atoms with Crippen LogP contribution in [0.2, 0.25) is 0 Å². The van der Waals surface area contributed by atoms with Crippen molar-refractivity contribution in [2.24, 2.45) is 5.73 Å². The first kappa shape index (κ1) is 10.8. The molecular weight excluding hydrogens is 218 g/mol. The van der Waals surface area contributed by atoms with Gasteiger partial charge >= 0.3 is 0 Å². The molecule has 1 aromatic carbocycles. The van der Waals surface area contributed by atoms with Crippen molar-refractivity contribution in [2.75, 3.05) is 11.9 Å². The highest BCUT2D eigenvalue weighted by molar-refractivity contribution is 5.97. The Morgan fingerprint density at radius 3 is 2.94 bits per heavy atom. The molecule has 1 atom stereocenters. The van der Waals surface area contributed by atoms with Crippen molar-refractivity contribution in [1.29, 1.82) is 0 Å². The van der Waals surface area contributed by atoms with Crippen LogP contribution in [0.15, 0.2) is 6.07 Å². The number of nitrogens with one attached hydrogen (secondary N) is 1. The lowest BCUT2D eigenvalue weighted by Gasteiger charge is -2.10. The van der Waals surface area contributed by atoms with Gasteiger partial charge in [0.25, 0.3) is 0 Å². The minimum Gasteiger partial charge on any atom is -0.489 e. The number of benzene rings is 1. The van der Waals surface area contributed by atoms with Crippen molar-refractivity contribution >= 4 is 11.6 Å². The van der Waals surface area contributed by atoms with Crippen LogP contribution in [0.4, 0.5) is 14.5 Å². The zero-order valence-electron chi connectivity index (χ0n) is 8.51. The summed E-state index contributed by atoms with van der Waals surface area (Å²) in [5.74, 6) is -2.15. The van der Waals surface area contributed by atoms with E-state index in [1.165, 1.54) is 6.92 Å². The fourth-order valence-electron chi connectivity index (χ4n) is 1.40. The molecule has 2 rings (SSSR count). The molecule has 1 aromatic rings. The molecule has 1 amide bonds. The highest BCUT2D eigenvalue weighted by Gasteiger charge is 2.25. The van der Waals surface area contributed by atoms with Gasteiger partial charge in [-0.1, -0.05) is 0 Å². The van der Waals surface area contributed by atoms with Crippen LogP contribution in [0, 0.1) is 18.6 Å². The van der Waals surface area contributed by atoms with Crippen molar-refractivity contribution in [3.63, 3.8) is 0 Å². The molecule has 3 N–H and O–H groups in total. The first-order chi connectivity index (χ1) is 7.50. The molecule has 0 spiro atoms. The molecule has 16 heavy (non-hydrogen) atoms. The van der Waals surface area contributed by atoms with Crippen LogP contribution in [-0.2, 0) is 4.79 Å². The smallest absolute Gasteiger partial charge is 0.244 e. The number of amides is 1. The first-order valence-corrected chi connectivity index (χ1v) is 4.68. The topological polar surface area (TPSA) is 64.4 Å². The number of hydrogen-bond donors (Lipinski definition) is 2. The number of carbonyl (C=O) groups is 1. The third kappa shape index (κ3) is 1.61. The Bertz CT molecular complexity index is 463. The lowest BCUT2D eigenvalue weighted by atomic mass is 10.1. The summed E-state index contributed by atoms with van der Waals surface area (Å²) < 4.78 is 31.9. The van der Waals surface area contributed by atoms with Crippen molar-refractivity contribution in [1.82, 2.24) is 0 Å². The molecule has 1 aliphatic heterocycles. The Labute approximate surface area is 90.4 Å². The van der Waals surface area contributed by atoms with E-state index in [9.17, 15) is 13.6 Å². The largest absolute Gasteiger partial charge is 0.489 e. The van der Waals surface area contributed by atoms with Crippen molar-refractivity contribution in [2.45, 2.75) is 13.0 Å². The molecule has 4 nitrogen and oxygen atoms in total. The predicted molar refractivity (Wildman–Crippen MR) is 53.2 cm³/mol. The minimum atomic E-state index is -0.893. The van der Waals surface area contributed by atoms with Crippen LogP contribution >= 0.6 is 0 Å². The lowest BCUT2D eigenvalue weighted by molar-refractivity contribution is -0.117. The third-order valence-electron chi connectivity index (χ3n) is 2.41. The number of ether oxygens (including phenoxy) is 1. The van der Waals surface area contributed by atoms with Gasteiger partial charge in [-0.15, -0.1) is 0 Å². The highest BCUT2D eigenvalue weighted by Crippen LogP contribution is 2.33. The molecule has 0 unspecified atom stereocenters. The van der Waals surface area contributed by atoms with E-state index in [1.54, 1.807) is 0 Å². The van der Waals surface area contributed by atoms with Gasteiger partial charge in [-0.3, -0.25) is 4.79 Å². The summed E-state index contributed by atoms with van der Waals surface area (Å²) in [5.41, 5.74) is 5.11. The number of rotatable bonds is 0. The summed E-state index contributed by atoms with van der Waals surface area (Å²) in [5, 5.41) is 2.28. The molecule has 0 saturated carbocycles. The molecule has 0 aromatic heterocycles. The van der Waals surface area contributed by atoms with Crippen molar-refractivity contribution in [3.05, 3.63) is 23.3 Å². The predicted octanol–water partition coefficient (Wildman–Crippen LogP) is 0.931. The van der Waals surface area contributed by atoms with Gasteiger partial charge in [0.15, 0.2) is 5.82 Å². The van der Waals surface area contributed by atoms with Crippen molar-refractivity contribution < 1.29 is 18.3 Å². The summed E-state index contributed by atoms with van der Waals surface area (Å²) in [6.45, 7) is 1.17. The van der Waals surface area contributed by atoms with Crippen LogP contribution in [0.5, 0.6) is 5.75 Å². The van der Waals surface area contributed by atoms with Crippen LogP contribution in [0.25, 0.3) is 0 Å². The maximum Gasteiger partial charge on any atom is 0.244 e. The normalized spacial score (nSPS) is 19.5. The van der Waals surface area contributed by atoms with E-state index >= 15 is 0 Å². The maximum absolute atomic E-state index is 13.6. The van der Waals surface area contributed by atoms with E-state index in [0.29, 0.717) is 0 Å². The monoisotopic (exact) mass is 228 g/mol. The Balaban J connectivity index is 2.54. The van der Waals surface area contributed by atoms with Crippen LogP contribution in [-0.4, -0.2) is 18.6 Å². The summed E-state index contributed by atoms with van der Waals surface area (Å²) in [6, 6.07) is 0.140. The van der Waals surface area contributed by atoms with Gasteiger partial charge in [0.2, 0.25) is 5.91 Å². The van der Waals surface area contributed by atoms with Gasteiger partial charge in [-0.25, -0.2) is 8.78 Å².